The zero-order chi connectivity index (χ0) is 18.0. The van der Waals surface area contributed by atoms with Crippen LogP contribution in [0.15, 0.2) is 48.7 Å². The molecule has 0 aliphatic carbocycles. The molecule has 130 valence electrons. The minimum Gasteiger partial charge on any atom is -0.497 e. The number of nitrogens with one attached hydrogen (secondary N) is 1. The Morgan fingerprint density at radius 1 is 0.880 bits per heavy atom. The van der Waals surface area contributed by atoms with Crippen molar-refractivity contribution < 1.29 is 9.47 Å². The van der Waals surface area contributed by atoms with Crippen molar-refractivity contribution in [1.29, 1.82) is 0 Å². The van der Waals surface area contributed by atoms with Crippen molar-refractivity contribution in [2.45, 2.75) is 26.2 Å². The van der Waals surface area contributed by atoms with Gasteiger partial charge < -0.3 is 14.8 Å². The summed E-state index contributed by atoms with van der Waals surface area (Å²) >= 11 is 0. The van der Waals surface area contributed by atoms with Gasteiger partial charge in [0.05, 0.1) is 14.2 Å². The van der Waals surface area contributed by atoms with E-state index in [0.29, 0.717) is 0 Å². The van der Waals surface area contributed by atoms with E-state index >= 15 is 0 Å². The van der Waals surface area contributed by atoms with Crippen LogP contribution in [-0.2, 0) is 5.41 Å². The fraction of sp³-hybridized carbons (Fsp3) is 0.286. The first-order valence-corrected chi connectivity index (χ1v) is 8.30. The number of hydrogen-bond donors (Lipinski definition) is 1. The van der Waals surface area contributed by atoms with Crippen LogP contribution in [0.3, 0.4) is 0 Å². The van der Waals surface area contributed by atoms with Crippen molar-refractivity contribution in [2.24, 2.45) is 0 Å². The summed E-state index contributed by atoms with van der Waals surface area (Å²) in [6.07, 6.45) is 1.78. The number of anilines is 2. The van der Waals surface area contributed by atoms with E-state index in [1.807, 2.05) is 18.2 Å². The lowest BCUT2D eigenvalue weighted by Gasteiger charge is -2.19. The van der Waals surface area contributed by atoms with Gasteiger partial charge in [-0.3, -0.25) is 0 Å². The third kappa shape index (κ3) is 3.53. The summed E-state index contributed by atoms with van der Waals surface area (Å²) in [5, 5.41) is 5.36. The monoisotopic (exact) mass is 336 g/mol. The number of pyridine rings is 1. The zero-order valence-electron chi connectivity index (χ0n) is 15.4. The molecule has 0 aliphatic rings. The van der Waals surface area contributed by atoms with E-state index in [0.717, 1.165) is 33.8 Å². The fourth-order valence-electron chi connectivity index (χ4n) is 2.80. The van der Waals surface area contributed by atoms with Crippen molar-refractivity contribution >= 4 is 22.3 Å². The molecule has 4 nitrogen and oxygen atoms in total. The van der Waals surface area contributed by atoms with Gasteiger partial charge in [0.15, 0.2) is 0 Å². The number of fused-ring (bicyclic) bond motifs is 1. The third-order valence-electron chi connectivity index (χ3n) is 4.28. The highest BCUT2D eigenvalue weighted by Crippen LogP contribution is 2.35. The van der Waals surface area contributed by atoms with Gasteiger partial charge in [-0.1, -0.05) is 32.9 Å². The molecule has 3 aromatic rings. The molecule has 0 unspecified atom stereocenters. The van der Waals surface area contributed by atoms with Gasteiger partial charge in [-0.25, -0.2) is 4.98 Å². The third-order valence-corrected chi connectivity index (χ3v) is 4.28. The van der Waals surface area contributed by atoms with Crippen LogP contribution in [0, 0.1) is 0 Å². The second kappa shape index (κ2) is 6.63. The zero-order valence-corrected chi connectivity index (χ0v) is 15.4. The normalized spacial score (nSPS) is 11.4. The lowest BCUT2D eigenvalue weighted by molar-refractivity contribution is 0.398. The van der Waals surface area contributed by atoms with Gasteiger partial charge in [0.2, 0.25) is 0 Å². The molecule has 25 heavy (non-hydrogen) atoms. The molecule has 1 heterocycles. The summed E-state index contributed by atoms with van der Waals surface area (Å²) in [5.41, 5.74) is 2.43. The SMILES string of the molecule is COc1cc(OC)c2ccnc(Nc3ccc(C(C)(C)C)cc3)c2c1. The van der Waals surface area contributed by atoms with Gasteiger partial charge in [-0.05, 0) is 35.2 Å². The van der Waals surface area contributed by atoms with Gasteiger partial charge in [0.1, 0.15) is 17.3 Å². The van der Waals surface area contributed by atoms with E-state index in [1.54, 1.807) is 20.4 Å². The summed E-state index contributed by atoms with van der Waals surface area (Å²) in [7, 11) is 3.31. The van der Waals surface area contributed by atoms with E-state index in [2.05, 4.69) is 55.3 Å². The minimum atomic E-state index is 0.136. The van der Waals surface area contributed by atoms with Crippen LogP contribution < -0.4 is 14.8 Å². The lowest BCUT2D eigenvalue weighted by atomic mass is 9.87. The molecule has 0 atom stereocenters. The Hall–Kier alpha value is -2.75. The predicted molar refractivity (Wildman–Crippen MR) is 103 cm³/mol. The number of rotatable bonds is 4. The van der Waals surface area contributed by atoms with Crippen LogP contribution in [0.2, 0.25) is 0 Å². The van der Waals surface area contributed by atoms with Crippen molar-refractivity contribution in [3.8, 4) is 11.5 Å². The molecule has 2 aromatic carbocycles. The number of aromatic nitrogens is 1. The number of methoxy groups -OCH3 is 2. The van der Waals surface area contributed by atoms with E-state index in [4.69, 9.17) is 9.47 Å². The molecule has 0 radical (unpaired) electrons. The molecule has 4 heteroatoms. The van der Waals surface area contributed by atoms with Gasteiger partial charge in [-0.15, -0.1) is 0 Å². The summed E-state index contributed by atoms with van der Waals surface area (Å²) in [4.78, 5) is 4.50. The van der Waals surface area contributed by atoms with E-state index in [9.17, 15) is 0 Å². The molecule has 0 fully saturated rings. The van der Waals surface area contributed by atoms with Crippen molar-refractivity contribution in [2.75, 3.05) is 19.5 Å². The topological polar surface area (TPSA) is 43.4 Å². The second-order valence-corrected chi connectivity index (χ2v) is 7.04. The van der Waals surface area contributed by atoms with E-state index < -0.39 is 0 Å². The van der Waals surface area contributed by atoms with Gasteiger partial charge in [0.25, 0.3) is 0 Å². The maximum atomic E-state index is 5.49. The Kier molecular flexibility index (Phi) is 4.53. The van der Waals surface area contributed by atoms with Crippen molar-refractivity contribution in [3.63, 3.8) is 0 Å². The molecule has 0 aliphatic heterocycles. The quantitative estimate of drug-likeness (QED) is 0.703. The summed E-state index contributed by atoms with van der Waals surface area (Å²) < 4.78 is 10.9. The first kappa shape index (κ1) is 17.1. The van der Waals surface area contributed by atoms with Crippen LogP contribution in [-0.4, -0.2) is 19.2 Å². The van der Waals surface area contributed by atoms with Crippen molar-refractivity contribution in [3.05, 3.63) is 54.2 Å². The predicted octanol–water partition coefficient (Wildman–Crippen LogP) is 5.29. The smallest absolute Gasteiger partial charge is 0.138 e. The molecule has 0 bridgehead atoms. The average Bonchev–Trinajstić information content (AvgIpc) is 2.61. The molecule has 0 saturated heterocycles. The maximum absolute atomic E-state index is 5.49. The van der Waals surface area contributed by atoms with Crippen molar-refractivity contribution in [1.82, 2.24) is 4.98 Å². The van der Waals surface area contributed by atoms with Gasteiger partial charge in [-0.2, -0.15) is 0 Å². The van der Waals surface area contributed by atoms with Crippen LogP contribution in [0.5, 0.6) is 11.5 Å². The average molecular weight is 336 g/mol. The Balaban J connectivity index is 2.01. The Bertz CT molecular complexity index is 881. The largest absolute Gasteiger partial charge is 0.497 e. The molecule has 1 N–H and O–H groups in total. The summed E-state index contributed by atoms with van der Waals surface area (Å²) in [6, 6.07) is 14.3. The Morgan fingerprint density at radius 3 is 2.20 bits per heavy atom. The van der Waals surface area contributed by atoms with E-state index in [-0.39, 0.29) is 5.41 Å². The molecule has 0 saturated carbocycles. The molecule has 0 spiro atoms. The first-order valence-electron chi connectivity index (χ1n) is 8.30. The molecule has 3 rings (SSSR count). The molecule has 1 aromatic heterocycles. The number of hydrogen-bond acceptors (Lipinski definition) is 4. The molecule has 0 amide bonds. The van der Waals surface area contributed by atoms with Crippen LogP contribution >= 0.6 is 0 Å². The highest BCUT2D eigenvalue weighted by Gasteiger charge is 2.14. The van der Waals surface area contributed by atoms with Crippen LogP contribution in [0.1, 0.15) is 26.3 Å². The summed E-state index contributed by atoms with van der Waals surface area (Å²) in [5.74, 6) is 2.28. The highest BCUT2D eigenvalue weighted by atomic mass is 16.5. The first-order chi connectivity index (χ1) is 11.9. The number of nitrogens with zero attached hydrogens (tertiary/aromatic N) is 1. The van der Waals surface area contributed by atoms with Crippen LogP contribution in [0.4, 0.5) is 11.5 Å². The standard InChI is InChI=1S/C21H24N2O2/c1-21(2,3)14-6-8-15(9-7-14)23-20-18-12-16(24-4)13-19(25-5)17(18)10-11-22-20/h6-13H,1-5H3,(H,22,23). The Morgan fingerprint density at radius 2 is 1.60 bits per heavy atom. The van der Waals surface area contributed by atoms with Crippen LogP contribution in [0.25, 0.3) is 10.8 Å². The van der Waals surface area contributed by atoms with E-state index in [1.165, 1.54) is 5.56 Å². The fourth-order valence-corrected chi connectivity index (χ4v) is 2.80. The second-order valence-electron chi connectivity index (χ2n) is 7.04. The number of benzene rings is 2. The highest BCUT2D eigenvalue weighted by molar-refractivity contribution is 5.98. The lowest BCUT2D eigenvalue weighted by Crippen LogP contribution is -2.10. The van der Waals surface area contributed by atoms with Gasteiger partial charge in [0, 0.05) is 28.7 Å². The number of ether oxygens (including phenoxy) is 2. The molecular formula is C21H24N2O2. The Labute approximate surface area is 148 Å². The molecular weight excluding hydrogens is 312 g/mol. The van der Waals surface area contributed by atoms with Gasteiger partial charge >= 0.3 is 0 Å². The summed E-state index contributed by atoms with van der Waals surface area (Å²) in [6.45, 7) is 6.63. The minimum absolute atomic E-state index is 0.136. The maximum Gasteiger partial charge on any atom is 0.138 e.